The van der Waals surface area contributed by atoms with Crippen LogP contribution in [0.1, 0.15) is 40.7 Å². The molecule has 3 rings (SSSR count). The van der Waals surface area contributed by atoms with Crippen molar-refractivity contribution in [3.8, 4) is 0 Å². The summed E-state index contributed by atoms with van der Waals surface area (Å²) >= 11 is 0. The highest BCUT2D eigenvalue weighted by Crippen LogP contribution is 2.25. The van der Waals surface area contributed by atoms with Crippen molar-refractivity contribution in [3.05, 3.63) is 59.2 Å². The van der Waals surface area contributed by atoms with Crippen molar-refractivity contribution >= 4 is 23.2 Å². The first kappa shape index (κ1) is 20.7. The minimum Gasteiger partial charge on any atom is -0.376 e. The number of primary amides is 1. The highest BCUT2D eigenvalue weighted by molar-refractivity contribution is 6.00. The van der Waals surface area contributed by atoms with E-state index in [1.54, 1.807) is 0 Å². The fourth-order valence-corrected chi connectivity index (χ4v) is 3.70. The van der Waals surface area contributed by atoms with Gasteiger partial charge in [0.25, 0.3) is 5.91 Å². The van der Waals surface area contributed by atoms with E-state index < -0.39 is 5.91 Å². The van der Waals surface area contributed by atoms with Crippen LogP contribution in [0.4, 0.5) is 11.4 Å². The summed E-state index contributed by atoms with van der Waals surface area (Å²) in [6.45, 7) is 4.72. The number of hydrogen-bond acceptors (Lipinski definition) is 4. The normalized spacial score (nSPS) is 13.8. The summed E-state index contributed by atoms with van der Waals surface area (Å²) in [7, 11) is 0. The van der Waals surface area contributed by atoms with Gasteiger partial charge in [-0.15, -0.1) is 0 Å². The lowest BCUT2D eigenvalue weighted by molar-refractivity contribution is -0.119. The Balaban J connectivity index is 1.54. The quantitative estimate of drug-likeness (QED) is 0.642. The van der Waals surface area contributed by atoms with E-state index >= 15 is 0 Å². The third-order valence-electron chi connectivity index (χ3n) is 5.41. The summed E-state index contributed by atoms with van der Waals surface area (Å²) < 4.78 is 0. The summed E-state index contributed by atoms with van der Waals surface area (Å²) in [5.74, 6) is -0.611. The molecule has 0 aliphatic carbocycles. The number of aryl methyl sites for hydroxylation is 1. The van der Waals surface area contributed by atoms with Gasteiger partial charge in [0.15, 0.2) is 0 Å². The molecular weight excluding hydrogens is 364 g/mol. The smallest absolute Gasteiger partial charge is 0.250 e. The molecule has 1 fully saturated rings. The minimum atomic E-state index is -0.494. The molecule has 0 aromatic heterocycles. The second-order valence-electron chi connectivity index (χ2n) is 7.52. The van der Waals surface area contributed by atoms with Crippen LogP contribution in [0.15, 0.2) is 42.5 Å². The number of amides is 2. The fraction of sp³-hybridized carbons (Fsp3) is 0.391. The van der Waals surface area contributed by atoms with Crippen molar-refractivity contribution in [2.24, 2.45) is 5.73 Å². The summed E-state index contributed by atoms with van der Waals surface area (Å²) in [5, 5.41) is 5.97. The van der Waals surface area contributed by atoms with E-state index in [9.17, 15) is 9.59 Å². The van der Waals surface area contributed by atoms with Crippen molar-refractivity contribution in [1.82, 2.24) is 5.32 Å². The van der Waals surface area contributed by atoms with Gasteiger partial charge in [-0.2, -0.15) is 0 Å². The average Bonchev–Trinajstić information content (AvgIpc) is 2.74. The van der Waals surface area contributed by atoms with Gasteiger partial charge in [-0.3, -0.25) is 9.59 Å². The summed E-state index contributed by atoms with van der Waals surface area (Å²) in [5.41, 5.74) is 10.0. The number of carbonyl (C=O) groups excluding carboxylic acids is 2. The number of carbonyl (C=O) groups is 2. The van der Waals surface area contributed by atoms with E-state index in [-0.39, 0.29) is 12.5 Å². The third kappa shape index (κ3) is 5.73. The maximum atomic E-state index is 12.2. The number of anilines is 2. The van der Waals surface area contributed by atoms with Gasteiger partial charge in [-0.05, 0) is 61.9 Å². The third-order valence-corrected chi connectivity index (χ3v) is 5.41. The molecule has 2 amide bonds. The van der Waals surface area contributed by atoms with E-state index in [4.69, 9.17) is 5.73 Å². The van der Waals surface area contributed by atoms with E-state index in [2.05, 4.69) is 34.6 Å². The largest absolute Gasteiger partial charge is 0.376 e. The maximum absolute atomic E-state index is 12.2. The monoisotopic (exact) mass is 394 g/mol. The number of benzene rings is 2. The standard InChI is InChI=1S/C23H30N4O2/c1-17-7-3-4-8-18(17)11-12-25-22(28)16-26-21-10-9-19(15-20(21)23(24)29)27-13-5-2-6-14-27/h3-4,7-10,15,26H,2,5-6,11-14,16H2,1H3,(H2,24,29)(H,25,28). The first-order chi connectivity index (χ1) is 14.0. The lowest BCUT2D eigenvalue weighted by atomic mass is 10.1. The molecule has 4 N–H and O–H groups in total. The second kappa shape index (κ2) is 9.96. The maximum Gasteiger partial charge on any atom is 0.250 e. The molecule has 1 aliphatic heterocycles. The highest BCUT2D eigenvalue weighted by Gasteiger charge is 2.15. The number of hydrogen-bond donors (Lipinski definition) is 3. The highest BCUT2D eigenvalue weighted by atomic mass is 16.2. The van der Waals surface area contributed by atoms with Gasteiger partial charge >= 0.3 is 0 Å². The van der Waals surface area contributed by atoms with Crippen molar-refractivity contribution in [2.75, 3.05) is 36.4 Å². The van der Waals surface area contributed by atoms with Crippen LogP contribution in [0.2, 0.25) is 0 Å². The molecule has 0 radical (unpaired) electrons. The summed E-state index contributed by atoms with van der Waals surface area (Å²) in [6, 6.07) is 13.8. The molecule has 0 unspecified atom stereocenters. The van der Waals surface area contributed by atoms with Crippen LogP contribution in [0.25, 0.3) is 0 Å². The zero-order valence-corrected chi connectivity index (χ0v) is 17.0. The Hall–Kier alpha value is -3.02. The molecule has 154 valence electrons. The van der Waals surface area contributed by atoms with Crippen LogP contribution in [0, 0.1) is 6.92 Å². The van der Waals surface area contributed by atoms with E-state index in [0.29, 0.717) is 17.8 Å². The van der Waals surface area contributed by atoms with Crippen LogP contribution in [0.3, 0.4) is 0 Å². The molecule has 1 aliphatic rings. The summed E-state index contributed by atoms with van der Waals surface area (Å²) in [6.07, 6.45) is 4.36. The van der Waals surface area contributed by atoms with E-state index in [1.807, 2.05) is 30.3 Å². The molecular formula is C23H30N4O2. The summed E-state index contributed by atoms with van der Waals surface area (Å²) in [4.78, 5) is 26.4. The number of nitrogens with zero attached hydrogens (tertiary/aromatic N) is 1. The van der Waals surface area contributed by atoms with E-state index in [1.165, 1.54) is 17.5 Å². The molecule has 0 bridgehead atoms. The van der Waals surface area contributed by atoms with Gasteiger partial charge in [-0.1, -0.05) is 24.3 Å². The molecule has 6 nitrogen and oxygen atoms in total. The van der Waals surface area contributed by atoms with Crippen LogP contribution >= 0.6 is 0 Å². The van der Waals surface area contributed by atoms with Crippen LogP contribution in [-0.4, -0.2) is 38.0 Å². The Labute approximate surface area is 172 Å². The molecule has 0 saturated carbocycles. The molecule has 6 heteroatoms. The Bertz CT molecular complexity index is 860. The molecule has 0 atom stereocenters. The van der Waals surface area contributed by atoms with Crippen LogP contribution in [-0.2, 0) is 11.2 Å². The van der Waals surface area contributed by atoms with Gasteiger partial charge in [-0.25, -0.2) is 0 Å². The van der Waals surface area contributed by atoms with Crippen LogP contribution in [0.5, 0.6) is 0 Å². The van der Waals surface area contributed by atoms with Crippen LogP contribution < -0.4 is 21.3 Å². The predicted molar refractivity (Wildman–Crippen MR) is 117 cm³/mol. The average molecular weight is 395 g/mol. The second-order valence-corrected chi connectivity index (χ2v) is 7.52. The Morgan fingerprint density at radius 3 is 2.55 bits per heavy atom. The zero-order chi connectivity index (χ0) is 20.6. The van der Waals surface area contributed by atoms with Gasteiger partial charge < -0.3 is 21.3 Å². The molecule has 1 heterocycles. The number of rotatable bonds is 8. The van der Waals surface area contributed by atoms with Gasteiger partial charge in [0.05, 0.1) is 12.1 Å². The molecule has 0 spiro atoms. The van der Waals surface area contributed by atoms with Gasteiger partial charge in [0.2, 0.25) is 5.91 Å². The molecule has 2 aromatic carbocycles. The Kier molecular flexibility index (Phi) is 7.11. The zero-order valence-electron chi connectivity index (χ0n) is 17.0. The first-order valence-corrected chi connectivity index (χ1v) is 10.3. The Morgan fingerprint density at radius 2 is 1.83 bits per heavy atom. The van der Waals surface area contributed by atoms with Gasteiger partial charge in [0.1, 0.15) is 0 Å². The Morgan fingerprint density at radius 1 is 1.07 bits per heavy atom. The van der Waals surface area contributed by atoms with Crippen molar-refractivity contribution in [3.63, 3.8) is 0 Å². The van der Waals surface area contributed by atoms with Gasteiger partial charge in [0, 0.05) is 31.0 Å². The first-order valence-electron chi connectivity index (χ1n) is 10.3. The number of nitrogens with two attached hydrogens (primary N) is 1. The lowest BCUT2D eigenvalue weighted by Gasteiger charge is -2.29. The van der Waals surface area contributed by atoms with Crippen molar-refractivity contribution in [1.29, 1.82) is 0 Å². The lowest BCUT2D eigenvalue weighted by Crippen LogP contribution is -2.32. The minimum absolute atomic E-state index is 0.0944. The molecule has 1 saturated heterocycles. The number of piperidine rings is 1. The molecule has 29 heavy (non-hydrogen) atoms. The number of nitrogens with one attached hydrogen (secondary N) is 2. The topological polar surface area (TPSA) is 87.5 Å². The molecule has 2 aromatic rings. The predicted octanol–water partition coefficient (Wildman–Crippen LogP) is 2.86. The van der Waals surface area contributed by atoms with Crippen molar-refractivity contribution < 1.29 is 9.59 Å². The van der Waals surface area contributed by atoms with Crippen molar-refractivity contribution in [2.45, 2.75) is 32.6 Å². The van der Waals surface area contributed by atoms with E-state index in [0.717, 1.165) is 38.0 Å². The SMILES string of the molecule is Cc1ccccc1CCNC(=O)CNc1ccc(N2CCCCC2)cc1C(N)=O. The fourth-order valence-electron chi connectivity index (χ4n) is 3.70.